The molecule has 0 bridgehead atoms. The molecule has 1 atom stereocenters. The summed E-state index contributed by atoms with van der Waals surface area (Å²) in [4.78, 5) is 24.4. The zero-order chi connectivity index (χ0) is 13.7. The Morgan fingerprint density at radius 2 is 2.05 bits per heavy atom. The van der Waals surface area contributed by atoms with Crippen LogP contribution in [0.2, 0.25) is 0 Å². The van der Waals surface area contributed by atoms with Crippen LogP contribution in [0.4, 0.5) is 0 Å². The zero-order valence-corrected chi connectivity index (χ0v) is 10.6. The molecule has 1 N–H and O–H groups in total. The molecule has 0 saturated carbocycles. The summed E-state index contributed by atoms with van der Waals surface area (Å²) in [6.07, 6.45) is 1.04. The van der Waals surface area contributed by atoms with E-state index in [2.05, 4.69) is 0 Å². The second-order valence-electron chi connectivity index (χ2n) is 4.58. The van der Waals surface area contributed by atoms with E-state index in [0.29, 0.717) is 19.6 Å². The van der Waals surface area contributed by atoms with Gasteiger partial charge in [0.25, 0.3) is 5.91 Å². The number of carboxylic acid groups (broad SMARTS) is 1. The molecule has 102 valence electrons. The van der Waals surface area contributed by atoms with E-state index in [0.717, 1.165) is 12.0 Å². The van der Waals surface area contributed by atoms with E-state index in [-0.39, 0.29) is 12.5 Å². The fourth-order valence-corrected chi connectivity index (χ4v) is 2.15. The molecular weight excluding hydrogens is 246 g/mol. The fourth-order valence-electron chi connectivity index (χ4n) is 2.15. The molecule has 0 spiro atoms. The van der Waals surface area contributed by atoms with Crippen molar-refractivity contribution < 1.29 is 19.4 Å². The highest BCUT2D eigenvalue weighted by atomic mass is 16.5. The van der Waals surface area contributed by atoms with Crippen LogP contribution in [0.5, 0.6) is 0 Å². The molecule has 5 nitrogen and oxygen atoms in total. The number of hydrogen-bond acceptors (Lipinski definition) is 3. The van der Waals surface area contributed by atoms with E-state index in [1.54, 1.807) is 0 Å². The Morgan fingerprint density at radius 1 is 1.32 bits per heavy atom. The Kier molecular flexibility index (Phi) is 4.52. The molecule has 0 unspecified atom stereocenters. The minimum atomic E-state index is -1.01. The first kappa shape index (κ1) is 13.5. The van der Waals surface area contributed by atoms with Crippen molar-refractivity contribution >= 4 is 11.9 Å². The summed E-state index contributed by atoms with van der Waals surface area (Å²) in [7, 11) is 0. The molecule has 1 heterocycles. The molecule has 1 fully saturated rings. The Bertz CT molecular complexity index is 440. The van der Waals surface area contributed by atoms with Crippen molar-refractivity contribution in [1.82, 2.24) is 4.90 Å². The topological polar surface area (TPSA) is 66.8 Å². The van der Waals surface area contributed by atoms with Gasteiger partial charge in [0, 0.05) is 13.2 Å². The molecule has 1 aliphatic rings. The van der Waals surface area contributed by atoms with Crippen LogP contribution in [0.3, 0.4) is 0 Å². The maximum absolute atomic E-state index is 12.2. The third-order valence-corrected chi connectivity index (χ3v) is 3.06. The number of hydrogen-bond donors (Lipinski definition) is 1. The molecule has 5 heteroatoms. The van der Waals surface area contributed by atoms with Gasteiger partial charge in [0.15, 0.2) is 0 Å². The van der Waals surface area contributed by atoms with Gasteiger partial charge in [0.2, 0.25) is 0 Å². The minimum Gasteiger partial charge on any atom is -0.480 e. The first-order valence-corrected chi connectivity index (χ1v) is 6.33. The maximum atomic E-state index is 12.2. The van der Waals surface area contributed by atoms with Gasteiger partial charge in [-0.3, -0.25) is 9.59 Å². The normalized spacial score (nSPS) is 18.2. The van der Waals surface area contributed by atoms with Crippen LogP contribution in [-0.2, 0) is 20.9 Å². The van der Waals surface area contributed by atoms with Crippen molar-refractivity contribution in [2.45, 2.75) is 25.5 Å². The summed E-state index contributed by atoms with van der Waals surface area (Å²) < 4.78 is 5.33. The number of aliphatic carboxylic acids is 1. The number of benzene rings is 1. The predicted octanol–water partition coefficient (Wildman–Crippen LogP) is 1.28. The Balaban J connectivity index is 2.06. The van der Waals surface area contributed by atoms with E-state index >= 15 is 0 Å². The number of ether oxygens (including phenoxy) is 1. The van der Waals surface area contributed by atoms with Crippen LogP contribution in [0.15, 0.2) is 30.3 Å². The molecule has 0 aromatic heterocycles. The largest absolute Gasteiger partial charge is 0.480 e. The number of carbonyl (C=O) groups is 2. The summed E-state index contributed by atoms with van der Waals surface area (Å²) in [6.45, 7) is 0.572. The summed E-state index contributed by atoms with van der Waals surface area (Å²) >= 11 is 0. The summed E-state index contributed by atoms with van der Waals surface area (Å²) in [5, 5.41) is 8.92. The molecule has 0 aliphatic carbocycles. The van der Waals surface area contributed by atoms with Crippen LogP contribution in [0.25, 0.3) is 0 Å². The third kappa shape index (κ3) is 3.79. The van der Waals surface area contributed by atoms with Crippen molar-refractivity contribution in [3.05, 3.63) is 35.9 Å². The summed E-state index contributed by atoms with van der Waals surface area (Å²) in [6, 6.07) is 9.36. The van der Waals surface area contributed by atoms with Gasteiger partial charge in [0.05, 0.1) is 0 Å². The number of carbonyl (C=O) groups excluding carboxylic acids is 1. The molecule has 1 aromatic carbocycles. The molecule has 1 aromatic rings. The average molecular weight is 263 g/mol. The van der Waals surface area contributed by atoms with E-state index < -0.39 is 12.1 Å². The van der Waals surface area contributed by atoms with E-state index in [4.69, 9.17) is 9.84 Å². The quantitative estimate of drug-likeness (QED) is 0.869. The van der Waals surface area contributed by atoms with Gasteiger partial charge in [0.1, 0.15) is 12.6 Å². The average Bonchev–Trinajstić information content (AvgIpc) is 2.91. The van der Waals surface area contributed by atoms with Crippen molar-refractivity contribution in [3.63, 3.8) is 0 Å². The zero-order valence-electron chi connectivity index (χ0n) is 10.6. The highest BCUT2D eigenvalue weighted by molar-refractivity contribution is 5.84. The van der Waals surface area contributed by atoms with Gasteiger partial charge in [-0.25, -0.2) is 0 Å². The lowest BCUT2D eigenvalue weighted by Gasteiger charge is -2.23. The van der Waals surface area contributed by atoms with E-state index in [9.17, 15) is 9.59 Å². The monoisotopic (exact) mass is 263 g/mol. The Labute approximate surface area is 111 Å². The fraction of sp³-hybridized carbons (Fsp3) is 0.429. The highest BCUT2D eigenvalue weighted by Crippen LogP contribution is 2.16. The van der Waals surface area contributed by atoms with E-state index in [1.165, 1.54) is 4.90 Å². The van der Waals surface area contributed by atoms with Crippen molar-refractivity contribution in [3.8, 4) is 0 Å². The third-order valence-electron chi connectivity index (χ3n) is 3.06. The van der Waals surface area contributed by atoms with Crippen molar-refractivity contribution in [2.24, 2.45) is 0 Å². The molecule has 2 rings (SSSR count). The van der Waals surface area contributed by atoms with Crippen LogP contribution in [0.1, 0.15) is 18.4 Å². The van der Waals surface area contributed by atoms with Crippen molar-refractivity contribution in [1.29, 1.82) is 0 Å². The van der Waals surface area contributed by atoms with Gasteiger partial charge < -0.3 is 14.7 Å². The smallest absolute Gasteiger partial charge is 0.323 e. The molecule has 1 saturated heterocycles. The first-order valence-electron chi connectivity index (χ1n) is 6.33. The number of amides is 1. The molecule has 1 aliphatic heterocycles. The van der Waals surface area contributed by atoms with Gasteiger partial charge in [-0.15, -0.1) is 0 Å². The standard InChI is InChI=1S/C14H17NO4/c16-13(17)10-15(9-11-5-2-1-3-6-11)14(18)12-7-4-8-19-12/h1-3,5-6,12H,4,7-10H2,(H,16,17)/t12-/m1/s1. The maximum Gasteiger partial charge on any atom is 0.323 e. The lowest BCUT2D eigenvalue weighted by atomic mass is 10.1. The SMILES string of the molecule is O=C(O)CN(Cc1ccccc1)C(=O)[C@H]1CCCO1. The first-order chi connectivity index (χ1) is 9.16. The number of nitrogens with zero attached hydrogens (tertiary/aromatic N) is 1. The molecule has 19 heavy (non-hydrogen) atoms. The van der Waals surface area contributed by atoms with Crippen LogP contribution in [-0.4, -0.2) is 41.1 Å². The molecule has 1 amide bonds. The summed E-state index contributed by atoms with van der Waals surface area (Å²) in [5.41, 5.74) is 0.912. The lowest BCUT2D eigenvalue weighted by Crippen LogP contribution is -2.41. The number of carboxylic acids is 1. The predicted molar refractivity (Wildman–Crippen MR) is 68.5 cm³/mol. The highest BCUT2D eigenvalue weighted by Gasteiger charge is 2.29. The molecular formula is C14H17NO4. The number of rotatable bonds is 5. The second-order valence-corrected chi connectivity index (χ2v) is 4.58. The van der Waals surface area contributed by atoms with Gasteiger partial charge in [-0.1, -0.05) is 30.3 Å². The van der Waals surface area contributed by atoms with Crippen LogP contribution in [0, 0.1) is 0 Å². The molecule has 0 radical (unpaired) electrons. The van der Waals surface area contributed by atoms with E-state index in [1.807, 2.05) is 30.3 Å². The minimum absolute atomic E-state index is 0.233. The Morgan fingerprint density at radius 3 is 2.63 bits per heavy atom. The van der Waals surface area contributed by atoms with Crippen molar-refractivity contribution in [2.75, 3.05) is 13.2 Å². The van der Waals surface area contributed by atoms with Crippen LogP contribution < -0.4 is 0 Å². The van der Waals surface area contributed by atoms with Crippen LogP contribution >= 0.6 is 0 Å². The lowest BCUT2D eigenvalue weighted by molar-refractivity contribution is -0.149. The van der Waals surface area contributed by atoms with Gasteiger partial charge >= 0.3 is 5.97 Å². The summed E-state index contributed by atoms with van der Waals surface area (Å²) in [5.74, 6) is -1.24. The van der Waals surface area contributed by atoms with Gasteiger partial charge in [-0.05, 0) is 18.4 Å². The Hall–Kier alpha value is -1.88. The second kappa shape index (κ2) is 6.33. The van der Waals surface area contributed by atoms with Gasteiger partial charge in [-0.2, -0.15) is 0 Å².